The molecule has 0 unspecified atom stereocenters. The third-order valence-electron chi connectivity index (χ3n) is 5.98. The van der Waals surface area contributed by atoms with Crippen LogP contribution in [0.2, 0.25) is 0 Å². The van der Waals surface area contributed by atoms with Crippen molar-refractivity contribution < 1.29 is 9.47 Å². The number of aliphatic imine (C=N–C) groups is 1. The van der Waals surface area contributed by atoms with Gasteiger partial charge in [0.1, 0.15) is 0 Å². The number of rotatable bonds is 9. The van der Waals surface area contributed by atoms with Crippen LogP contribution in [0, 0.1) is 11.3 Å². The fraction of sp³-hybridized carbons (Fsp3) is 0.950. The molecule has 1 N–H and O–H groups in total. The second-order valence-electron chi connectivity index (χ2n) is 7.89. The lowest BCUT2D eigenvalue weighted by Crippen LogP contribution is -2.41. The Bertz CT molecular complexity index is 388. The summed E-state index contributed by atoms with van der Waals surface area (Å²) in [6.07, 6.45) is 10.1. The Labute approximate surface area is 154 Å². The van der Waals surface area contributed by atoms with Crippen molar-refractivity contribution >= 4 is 5.96 Å². The minimum absolute atomic E-state index is 0.359. The number of hydrogen-bond acceptors (Lipinski definition) is 3. The SMILES string of the molecule is CCNC(=NCC1(CCOC)CCCC1)N(C)CCC1CCOCC1. The highest BCUT2D eigenvalue weighted by Crippen LogP contribution is 2.41. The van der Waals surface area contributed by atoms with Gasteiger partial charge in [0.05, 0.1) is 0 Å². The molecule has 5 nitrogen and oxygen atoms in total. The van der Waals surface area contributed by atoms with Gasteiger partial charge < -0.3 is 19.7 Å². The fourth-order valence-corrected chi connectivity index (χ4v) is 4.16. The minimum Gasteiger partial charge on any atom is -0.385 e. The smallest absolute Gasteiger partial charge is 0.193 e. The molecule has 5 heteroatoms. The van der Waals surface area contributed by atoms with Crippen molar-refractivity contribution in [3.05, 3.63) is 0 Å². The normalized spacial score (nSPS) is 21.5. The minimum atomic E-state index is 0.359. The summed E-state index contributed by atoms with van der Waals surface area (Å²) in [4.78, 5) is 7.35. The van der Waals surface area contributed by atoms with E-state index in [4.69, 9.17) is 14.5 Å². The number of ether oxygens (including phenoxy) is 2. The summed E-state index contributed by atoms with van der Waals surface area (Å²) in [5.41, 5.74) is 0.359. The van der Waals surface area contributed by atoms with Crippen LogP contribution in [0.25, 0.3) is 0 Å². The first-order valence-electron chi connectivity index (χ1n) is 10.3. The number of nitrogens with zero attached hydrogens (tertiary/aromatic N) is 2. The standard InChI is InChI=1S/C20H39N3O2/c1-4-21-19(23(2)13-7-18-8-14-25-15-9-18)22-17-20(12-16-24-3)10-5-6-11-20/h18H,4-17H2,1-3H3,(H,21,22). The van der Waals surface area contributed by atoms with Crippen LogP contribution < -0.4 is 5.32 Å². The van der Waals surface area contributed by atoms with E-state index in [0.717, 1.165) is 57.8 Å². The molecule has 0 bridgehead atoms. The predicted octanol–water partition coefficient (Wildman–Crippen LogP) is 3.30. The average molecular weight is 354 g/mol. The molecule has 0 radical (unpaired) electrons. The number of guanidine groups is 1. The van der Waals surface area contributed by atoms with Crippen LogP contribution >= 0.6 is 0 Å². The van der Waals surface area contributed by atoms with Gasteiger partial charge in [0.15, 0.2) is 5.96 Å². The topological polar surface area (TPSA) is 46.1 Å². The maximum absolute atomic E-state index is 5.47. The second kappa shape index (κ2) is 11.0. The summed E-state index contributed by atoms with van der Waals surface area (Å²) in [6.45, 7) is 7.80. The van der Waals surface area contributed by atoms with E-state index < -0.39 is 0 Å². The van der Waals surface area contributed by atoms with Crippen LogP contribution in [-0.2, 0) is 9.47 Å². The lowest BCUT2D eigenvalue weighted by atomic mass is 9.83. The van der Waals surface area contributed by atoms with Crippen LogP contribution in [0.15, 0.2) is 4.99 Å². The van der Waals surface area contributed by atoms with Gasteiger partial charge in [0, 0.05) is 53.6 Å². The number of methoxy groups -OCH3 is 1. The van der Waals surface area contributed by atoms with Crippen LogP contribution in [0.1, 0.15) is 58.3 Å². The first-order valence-corrected chi connectivity index (χ1v) is 10.3. The lowest BCUT2D eigenvalue weighted by molar-refractivity contribution is 0.0625. The molecule has 0 amide bonds. The first-order chi connectivity index (χ1) is 12.2. The van der Waals surface area contributed by atoms with E-state index in [1.807, 2.05) is 0 Å². The van der Waals surface area contributed by atoms with Gasteiger partial charge >= 0.3 is 0 Å². The van der Waals surface area contributed by atoms with Crippen LogP contribution in [0.4, 0.5) is 0 Å². The Morgan fingerprint density at radius 3 is 2.64 bits per heavy atom. The molecule has 2 rings (SSSR count). The van der Waals surface area contributed by atoms with Gasteiger partial charge in [-0.05, 0) is 56.8 Å². The molecule has 1 heterocycles. The molecule has 0 aromatic rings. The lowest BCUT2D eigenvalue weighted by Gasteiger charge is -2.30. The van der Waals surface area contributed by atoms with Gasteiger partial charge in [0.2, 0.25) is 0 Å². The number of hydrogen-bond donors (Lipinski definition) is 1. The van der Waals surface area contributed by atoms with Crippen molar-refractivity contribution in [3.63, 3.8) is 0 Å². The molecule has 2 aliphatic rings. The van der Waals surface area contributed by atoms with E-state index >= 15 is 0 Å². The van der Waals surface area contributed by atoms with E-state index in [2.05, 4.69) is 24.2 Å². The largest absolute Gasteiger partial charge is 0.385 e. The zero-order chi connectivity index (χ0) is 18.0. The summed E-state index contributed by atoms with van der Waals surface area (Å²) in [6, 6.07) is 0. The summed E-state index contributed by atoms with van der Waals surface area (Å²) in [5.74, 6) is 1.88. The van der Waals surface area contributed by atoms with Crippen LogP contribution in [-0.4, -0.2) is 64.5 Å². The highest BCUT2D eigenvalue weighted by atomic mass is 16.5. The molecule has 0 aromatic heterocycles. The van der Waals surface area contributed by atoms with Gasteiger partial charge in [-0.15, -0.1) is 0 Å². The molecule has 1 saturated heterocycles. The van der Waals surface area contributed by atoms with E-state index in [9.17, 15) is 0 Å². The Morgan fingerprint density at radius 1 is 1.28 bits per heavy atom. The molecule has 0 spiro atoms. The van der Waals surface area contributed by atoms with Gasteiger partial charge in [-0.1, -0.05) is 12.8 Å². The average Bonchev–Trinajstić information content (AvgIpc) is 3.11. The molecular formula is C20H39N3O2. The fourth-order valence-electron chi connectivity index (χ4n) is 4.16. The second-order valence-corrected chi connectivity index (χ2v) is 7.89. The Morgan fingerprint density at radius 2 is 2.00 bits per heavy atom. The van der Waals surface area contributed by atoms with E-state index in [1.165, 1.54) is 44.9 Å². The van der Waals surface area contributed by atoms with E-state index in [-0.39, 0.29) is 0 Å². The third-order valence-corrected chi connectivity index (χ3v) is 5.98. The molecule has 0 aromatic carbocycles. The summed E-state index contributed by atoms with van der Waals surface area (Å²) in [5, 5.41) is 3.49. The van der Waals surface area contributed by atoms with E-state index in [1.54, 1.807) is 7.11 Å². The molecule has 25 heavy (non-hydrogen) atoms. The van der Waals surface area contributed by atoms with Crippen LogP contribution in [0.3, 0.4) is 0 Å². The zero-order valence-corrected chi connectivity index (χ0v) is 16.7. The van der Waals surface area contributed by atoms with Gasteiger partial charge in [-0.2, -0.15) is 0 Å². The van der Waals surface area contributed by atoms with Crippen molar-refractivity contribution in [1.29, 1.82) is 0 Å². The molecule has 1 aliphatic carbocycles. The van der Waals surface area contributed by atoms with Crippen molar-refractivity contribution in [3.8, 4) is 0 Å². The van der Waals surface area contributed by atoms with Gasteiger partial charge in [0.25, 0.3) is 0 Å². The Balaban J connectivity index is 1.88. The maximum atomic E-state index is 5.47. The molecule has 2 fully saturated rings. The summed E-state index contributed by atoms with van der Waals surface area (Å²) >= 11 is 0. The van der Waals surface area contributed by atoms with Crippen molar-refractivity contribution in [2.24, 2.45) is 16.3 Å². The van der Waals surface area contributed by atoms with E-state index in [0.29, 0.717) is 5.41 Å². The highest BCUT2D eigenvalue weighted by Gasteiger charge is 2.33. The molecule has 1 aliphatic heterocycles. The predicted molar refractivity (Wildman–Crippen MR) is 104 cm³/mol. The van der Waals surface area contributed by atoms with Crippen molar-refractivity contribution in [2.75, 3.05) is 53.6 Å². The third kappa shape index (κ3) is 6.78. The van der Waals surface area contributed by atoms with Crippen molar-refractivity contribution in [2.45, 2.75) is 58.3 Å². The highest BCUT2D eigenvalue weighted by molar-refractivity contribution is 5.79. The van der Waals surface area contributed by atoms with Gasteiger partial charge in [-0.25, -0.2) is 0 Å². The molecule has 1 saturated carbocycles. The maximum Gasteiger partial charge on any atom is 0.193 e. The zero-order valence-electron chi connectivity index (χ0n) is 16.7. The molecule has 146 valence electrons. The molecule has 0 atom stereocenters. The monoisotopic (exact) mass is 353 g/mol. The van der Waals surface area contributed by atoms with Gasteiger partial charge in [-0.3, -0.25) is 4.99 Å². The number of nitrogens with one attached hydrogen (secondary N) is 1. The summed E-state index contributed by atoms with van der Waals surface area (Å²) < 4.78 is 10.8. The van der Waals surface area contributed by atoms with Crippen LogP contribution in [0.5, 0.6) is 0 Å². The molecular weight excluding hydrogens is 314 g/mol. The Hall–Kier alpha value is -0.810. The quantitative estimate of drug-likeness (QED) is 0.510. The summed E-state index contributed by atoms with van der Waals surface area (Å²) in [7, 11) is 3.98. The van der Waals surface area contributed by atoms with Crippen molar-refractivity contribution in [1.82, 2.24) is 10.2 Å². The first kappa shape index (κ1) is 20.5. The Kier molecular flexibility index (Phi) is 9.04.